The summed E-state index contributed by atoms with van der Waals surface area (Å²) in [4.78, 5) is 25.1. The van der Waals surface area contributed by atoms with E-state index in [9.17, 15) is 9.59 Å². The van der Waals surface area contributed by atoms with Crippen LogP contribution in [0.15, 0.2) is 53.7 Å². The van der Waals surface area contributed by atoms with Gasteiger partial charge in [-0.05, 0) is 31.2 Å². The third-order valence-electron chi connectivity index (χ3n) is 4.16. The summed E-state index contributed by atoms with van der Waals surface area (Å²) in [5.74, 6) is 0.106. The molecule has 3 rings (SSSR count). The number of allylic oxidation sites excluding steroid dienone is 1. The fourth-order valence-electron chi connectivity index (χ4n) is 2.94. The number of para-hydroxylation sites is 2. The van der Waals surface area contributed by atoms with Crippen LogP contribution in [0.1, 0.15) is 18.5 Å². The van der Waals surface area contributed by atoms with Crippen molar-refractivity contribution in [2.24, 2.45) is 0 Å². The molecular weight excluding hydrogens is 389 g/mol. The molecule has 1 heterocycles. The van der Waals surface area contributed by atoms with Crippen molar-refractivity contribution in [1.29, 1.82) is 0 Å². The van der Waals surface area contributed by atoms with E-state index in [1.807, 2.05) is 0 Å². The Hall–Kier alpha value is -2.70. The second-order valence-corrected chi connectivity index (χ2v) is 6.67. The molecule has 0 saturated heterocycles. The maximum Gasteiger partial charge on any atom is 0.319 e. The molecule has 0 radical (unpaired) electrons. The van der Waals surface area contributed by atoms with E-state index in [-0.39, 0.29) is 0 Å². The van der Waals surface area contributed by atoms with E-state index >= 15 is 0 Å². The Morgan fingerprint density at radius 3 is 2.44 bits per heavy atom. The van der Waals surface area contributed by atoms with Crippen molar-refractivity contribution in [1.82, 2.24) is 10.6 Å². The van der Waals surface area contributed by atoms with Crippen LogP contribution in [0.5, 0.6) is 5.75 Å². The lowest BCUT2D eigenvalue weighted by atomic mass is 9.94. The van der Waals surface area contributed by atoms with Crippen molar-refractivity contribution in [2.75, 3.05) is 12.4 Å². The molecular formula is C19H17Cl2N3O3. The number of ether oxygens (including phenoxy) is 1. The highest BCUT2D eigenvalue weighted by Gasteiger charge is 2.34. The average molecular weight is 406 g/mol. The first-order valence-electron chi connectivity index (χ1n) is 8.09. The van der Waals surface area contributed by atoms with Crippen LogP contribution in [0.3, 0.4) is 0 Å². The molecule has 0 fully saturated rings. The highest BCUT2D eigenvalue weighted by molar-refractivity contribution is 6.36. The summed E-state index contributed by atoms with van der Waals surface area (Å²) in [5, 5.41) is 8.86. The first kappa shape index (κ1) is 19.1. The number of carbonyl (C=O) groups is 2. The Morgan fingerprint density at radius 2 is 1.78 bits per heavy atom. The van der Waals surface area contributed by atoms with E-state index in [4.69, 9.17) is 27.9 Å². The zero-order valence-electron chi connectivity index (χ0n) is 14.6. The lowest BCUT2D eigenvalue weighted by Gasteiger charge is -2.29. The molecule has 1 aliphatic rings. The Kier molecular flexibility index (Phi) is 5.58. The van der Waals surface area contributed by atoms with Crippen molar-refractivity contribution in [3.8, 4) is 5.75 Å². The van der Waals surface area contributed by atoms with E-state index in [1.165, 1.54) is 7.11 Å². The SMILES string of the molecule is COc1ccccc1NC(=O)C1=C(C)NC(=O)N[C@@H]1c1c(Cl)cccc1Cl. The van der Waals surface area contributed by atoms with Gasteiger partial charge in [0.2, 0.25) is 0 Å². The van der Waals surface area contributed by atoms with Crippen LogP contribution < -0.4 is 20.7 Å². The molecule has 0 aliphatic carbocycles. The quantitative estimate of drug-likeness (QED) is 0.710. The first-order valence-corrected chi connectivity index (χ1v) is 8.84. The van der Waals surface area contributed by atoms with Gasteiger partial charge in [0.1, 0.15) is 5.75 Å². The fourth-order valence-corrected chi connectivity index (χ4v) is 3.55. The predicted octanol–water partition coefficient (Wildman–Crippen LogP) is 4.27. The van der Waals surface area contributed by atoms with E-state index < -0.39 is 18.0 Å². The number of hydrogen-bond donors (Lipinski definition) is 3. The van der Waals surface area contributed by atoms with E-state index in [0.29, 0.717) is 38.3 Å². The molecule has 27 heavy (non-hydrogen) atoms. The smallest absolute Gasteiger partial charge is 0.319 e. The normalized spacial score (nSPS) is 16.4. The van der Waals surface area contributed by atoms with Crippen LogP contribution in [0, 0.1) is 0 Å². The molecule has 2 aromatic carbocycles. The van der Waals surface area contributed by atoms with Gasteiger partial charge < -0.3 is 20.7 Å². The zero-order valence-corrected chi connectivity index (χ0v) is 16.1. The van der Waals surface area contributed by atoms with Crippen LogP contribution in [-0.2, 0) is 4.79 Å². The van der Waals surface area contributed by atoms with Gasteiger partial charge in [-0.15, -0.1) is 0 Å². The molecule has 2 aromatic rings. The van der Waals surface area contributed by atoms with Gasteiger partial charge in [0, 0.05) is 21.3 Å². The third kappa shape index (κ3) is 3.86. The number of amides is 3. The summed E-state index contributed by atoms with van der Waals surface area (Å²) in [7, 11) is 1.52. The fraction of sp³-hybridized carbons (Fsp3) is 0.158. The summed E-state index contributed by atoms with van der Waals surface area (Å²) < 4.78 is 5.27. The van der Waals surface area contributed by atoms with Crippen LogP contribution in [0.25, 0.3) is 0 Å². The van der Waals surface area contributed by atoms with Crippen molar-refractivity contribution < 1.29 is 14.3 Å². The van der Waals surface area contributed by atoms with Crippen LogP contribution >= 0.6 is 23.2 Å². The minimum atomic E-state index is -0.797. The highest BCUT2D eigenvalue weighted by atomic mass is 35.5. The lowest BCUT2D eigenvalue weighted by Crippen LogP contribution is -2.46. The van der Waals surface area contributed by atoms with Crippen molar-refractivity contribution in [2.45, 2.75) is 13.0 Å². The largest absolute Gasteiger partial charge is 0.495 e. The molecule has 140 valence electrons. The molecule has 3 N–H and O–H groups in total. The molecule has 1 atom stereocenters. The maximum atomic E-state index is 13.1. The van der Waals surface area contributed by atoms with Crippen LogP contribution in [-0.4, -0.2) is 19.0 Å². The number of urea groups is 1. The van der Waals surface area contributed by atoms with E-state index in [1.54, 1.807) is 49.4 Å². The van der Waals surface area contributed by atoms with Gasteiger partial charge in [0.25, 0.3) is 5.91 Å². The van der Waals surface area contributed by atoms with Gasteiger partial charge in [-0.3, -0.25) is 4.79 Å². The molecule has 1 aliphatic heterocycles. The van der Waals surface area contributed by atoms with Crippen LogP contribution in [0.4, 0.5) is 10.5 Å². The molecule has 6 nitrogen and oxygen atoms in total. The molecule has 8 heteroatoms. The summed E-state index contributed by atoms with van der Waals surface area (Å²) in [6, 6.07) is 10.8. The zero-order chi connectivity index (χ0) is 19.6. The summed E-state index contributed by atoms with van der Waals surface area (Å²) in [5.41, 5.74) is 1.68. The summed E-state index contributed by atoms with van der Waals surface area (Å²) in [6.07, 6.45) is 0. The van der Waals surface area contributed by atoms with Crippen LogP contribution in [0.2, 0.25) is 10.0 Å². The molecule has 0 spiro atoms. The van der Waals surface area contributed by atoms with Gasteiger partial charge >= 0.3 is 6.03 Å². The topological polar surface area (TPSA) is 79.5 Å². The standard InChI is InChI=1S/C19H17Cl2N3O3/c1-10-15(18(25)23-13-8-3-4-9-14(13)27-2)17(24-19(26)22-10)16-11(20)6-5-7-12(16)21/h3-9,17H,1-2H3,(H,23,25)(H2,22,24,26)/t17-/m0/s1. The Morgan fingerprint density at radius 1 is 1.11 bits per heavy atom. The number of nitrogens with one attached hydrogen (secondary N) is 3. The minimum Gasteiger partial charge on any atom is -0.495 e. The van der Waals surface area contributed by atoms with Gasteiger partial charge in [-0.25, -0.2) is 4.79 Å². The number of carbonyl (C=O) groups excluding carboxylic acids is 2. The number of hydrogen-bond acceptors (Lipinski definition) is 3. The number of halogens is 2. The first-order chi connectivity index (χ1) is 12.9. The summed E-state index contributed by atoms with van der Waals surface area (Å²) in [6.45, 7) is 1.65. The predicted molar refractivity (Wildman–Crippen MR) is 105 cm³/mol. The molecule has 0 saturated carbocycles. The lowest BCUT2D eigenvalue weighted by molar-refractivity contribution is -0.113. The molecule has 0 unspecified atom stereocenters. The van der Waals surface area contributed by atoms with Gasteiger partial charge in [0.05, 0.1) is 24.4 Å². The number of benzene rings is 2. The molecule has 3 amide bonds. The van der Waals surface area contributed by atoms with Crippen molar-refractivity contribution in [3.63, 3.8) is 0 Å². The van der Waals surface area contributed by atoms with Gasteiger partial charge in [0.15, 0.2) is 0 Å². The van der Waals surface area contributed by atoms with Gasteiger partial charge in [-0.2, -0.15) is 0 Å². The average Bonchev–Trinajstić information content (AvgIpc) is 2.61. The second kappa shape index (κ2) is 7.90. The minimum absolute atomic E-state index is 0.301. The highest BCUT2D eigenvalue weighted by Crippen LogP contribution is 2.37. The monoisotopic (exact) mass is 405 g/mol. The van der Waals surface area contributed by atoms with E-state index in [0.717, 1.165) is 0 Å². The van der Waals surface area contributed by atoms with E-state index in [2.05, 4.69) is 16.0 Å². The molecule has 0 aromatic heterocycles. The second-order valence-electron chi connectivity index (χ2n) is 5.86. The Balaban J connectivity index is 2.03. The van der Waals surface area contributed by atoms with Crippen molar-refractivity contribution >= 4 is 40.8 Å². The third-order valence-corrected chi connectivity index (χ3v) is 4.82. The number of anilines is 1. The molecule has 0 bridgehead atoms. The number of rotatable bonds is 4. The maximum absolute atomic E-state index is 13.1. The Bertz CT molecular complexity index is 923. The Labute approximate surface area is 166 Å². The number of methoxy groups -OCH3 is 1. The summed E-state index contributed by atoms with van der Waals surface area (Å²) >= 11 is 12.6. The van der Waals surface area contributed by atoms with Crippen molar-refractivity contribution in [3.05, 3.63) is 69.3 Å². The van der Waals surface area contributed by atoms with Gasteiger partial charge in [-0.1, -0.05) is 41.4 Å².